The number of nitriles is 1. The number of rotatable bonds is 8. The van der Waals surface area contributed by atoms with Crippen LogP contribution in [0.5, 0.6) is 0 Å². The fourth-order valence-corrected chi connectivity index (χ4v) is 4.82. The first kappa shape index (κ1) is 19.1. The van der Waals surface area contributed by atoms with Gasteiger partial charge in [0.2, 0.25) is 5.91 Å². The number of unbranched alkanes of at least 4 members (excludes halogenated alkanes) is 1. The van der Waals surface area contributed by atoms with Crippen molar-refractivity contribution in [3.63, 3.8) is 0 Å². The number of carbonyl (C=O) groups is 1. The van der Waals surface area contributed by atoms with Gasteiger partial charge < -0.3 is 5.32 Å². The summed E-state index contributed by atoms with van der Waals surface area (Å²) in [4.78, 5) is 12.0. The molecule has 0 fully saturated rings. The third kappa shape index (κ3) is 5.98. The number of anilines is 1. The van der Waals surface area contributed by atoms with Crippen molar-refractivity contribution in [1.82, 2.24) is 10.2 Å². The average Bonchev–Trinajstić information content (AvgIpc) is 3.01. The molecule has 9 heteroatoms. The van der Waals surface area contributed by atoms with E-state index >= 15 is 0 Å². The van der Waals surface area contributed by atoms with E-state index in [4.69, 9.17) is 16.9 Å². The molecule has 1 heterocycles. The van der Waals surface area contributed by atoms with E-state index < -0.39 is 0 Å². The molecular formula is C15H15ClN4OS3. The van der Waals surface area contributed by atoms with Crippen molar-refractivity contribution in [2.24, 2.45) is 0 Å². The van der Waals surface area contributed by atoms with Crippen molar-refractivity contribution in [3.8, 4) is 6.07 Å². The predicted molar refractivity (Wildman–Crippen MR) is 101 cm³/mol. The molecule has 1 aromatic carbocycles. The van der Waals surface area contributed by atoms with Gasteiger partial charge in [-0.15, -0.1) is 10.2 Å². The van der Waals surface area contributed by atoms with Crippen LogP contribution in [0.3, 0.4) is 0 Å². The van der Waals surface area contributed by atoms with Gasteiger partial charge in [-0.3, -0.25) is 4.79 Å². The summed E-state index contributed by atoms with van der Waals surface area (Å²) < 4.78 is 1.72. The van der Waals surface area contributed by atoms with Gasteiger partial charge in [0.05, 0.1) is 16.3 Å². The Hall–Kier alpha value is -1.27. The lowest BCUT2D eigenvalue weighted by Crippen LogP contribution is -2.13. The number of carbonyl (C=O) groups excluding carboxylic acids is 1. The van der Waals surface area contributed by atoms with Gasteiger partial charge in [-0.2, -0.15) is 5.26 Å². The van der Waals surface area contributed by atoms with E-state index in [9.17, 15) is 4.79 Å². The first-order chi connectivity index (χ1) is 11.6. The Bertz CT molecular complexity index is 745. The van der Waals surface area contributed by atoms with E-state index in [2.05, 4.69) is 22.4 Å². The number of hydrogen-bond acceptors (Lipinski definition) is 7. The van der Waals surface area contributed by atoms with Crippen molar-refractivity contribution >= 4 is 58.1 Å². The number of aromatic nitrogens is 2. The van der Waals surface area contributed by atoms with E-state index in [1.807, 2.05) is 6.07 Å². The van der Waals surface area contributed by atoms with E-state index in [-0.39, 0.29) is 11.7 Å². The van der Waals surface area contributed by atoms with Crippen molar-refractivity contribution in [1.29, 1.82) is 5.26 Å². The molecule has 5 nitrogen and oxygen atoms in total. The van der Waals surface area contributed by atoms with Gasteiger partial charge in [0.1, 0.15) is 6.07 Å². The summed E-state index contributed by atoms with van der Waals surface area (Å²) in [6.07, 6.45) is 2.31. The van der Waals surface area contributed by atoms with Crippen molar-refractivity contribution in [2.45, 2.75) is 28.4 Å². The third-order valence-electron chi connectivity index (χ3n) is 2.81. The third-order valence-corrected chi connectivity index (χ3v) is 6.40. The number of thioether (sulfide) groups is 2. The van der Waals surface area contributed by atoms with Crippen molar-refractivity contribution in [3.05, 3.63) is 28.8 Å². The molecule has 0 spiro atoms. The molecule has 2 rings (SSSR count). The number of hydrogen-bond donors (Lipinski definition) is 1. The van der Waals surface area contributed by atoms with Crippen LogP contribution in [-0.2, 0) is 4.79 Å². The van der Waals surface area contributed by atoms with Crippen LogP contribution in [0.25, 0.3) is 0 Å². The van der Waals surface area contributed by atoms with Crippen molar-refractivity contribution < 1.29 is 4.79 Å². The van der Waals surface area contributed by atoms with E-state index in [1.165, 1.54) is 23.1 Å². The number of amides is 1. The average molecular weight is 399 g/mol. The standard InChI is InChI=1S/C15H15ClN4OS3/c1-2-3-6-22-14-19-20-15(24-14)23-9-13(21)18-11-5-4-10(8-17)12(16)7-11/h4-5,7H,2-3,6,9H2,1H3,(H,18,21). The van der Waals surface area contributed by atoms with Gasteiger partial charge in [0.15, 0.2) is 8.68 Å². The molecule has 2 aromatic rings. The molecule has 0 radical (unpaired) electrons. The Morgan fingerprint density at radius 3 is 2.79 bits per heavy atom. The van der Waals surface area contributed by atoms with Crippen LogP contribution < -0.4 is 5.32 Å². The molecule has 0 saturated carbocycles. The van der Waals surface area contributed by atoms with Gasteiger partial charge in [-0.1, -0.05) is 59.8 Å². The lowest BCUT2D eigenvalue weighted by Gasteiger charge is -2.05. The zero-order valence-corrected chi connectivity index (χ0v) is 16.1. The van der Waals surface area contributed by atoms with Gasteiger partial charge in [-0.05, 0) is 24.6 Å². The fourth-order valence-electron chi connectivity index (χ4n) is 1.63. The Kier molecular flexibility index (Phi) is 7.85. The second-order valence-corrected chi connectivity index (χ2v) is 8.63. The zero-order valence-electron chi connectivity index (χ0n) is 12.9. The Balaban J connectivity index is 1.81. The Morgan fingerprint density at radius 2 is 2.12 bits per heavy atom. The van der Waals surface area contributed by atoms with E-state index in [1.54, 1.807) is 30.0 Å². The zero-order chi connectivity index (χ0) is 17.4. The predicted octanol–water partition coefficient (Wildman–Crippen LogP) is 4.69. The topological polar surface area (TPSA) is 78.7 Å². The number of nitrogens with zero attached hydrogens (tertiary/aromatic N) is 3. The molecule has 0 atom stereocenters. The second kappa shape index (κ2) is 9.89. The summed E-state index contributed by atoms with van der Waals surface area (Å²) in [5, 5.41) is 20.1. The summed E-state index contributed by atoms with van der Waals surface area (Å²) >= 11 is 10.5. The maximum atomic E-state index is 12.0. The highest BCUT2D eigenvalue weighted by Crippen LogP contribution is 2.29. The van der Waals surface area contributed by atoms with Crippen LogP contribution in [0.2, 0.25) is 5.02 Å². The minimum atomic E-state index is -0.156. The molecule has 24 heavy (non-hydrogen) atoms. The molecule has 0 aliphatic carbocycles. The van der Waals surface area contributed by atoms with E-state index in [0.717, 1.165) is 27.3 Å². The number of nitrogens with one attached hydrogen (secondary N) is 1. The quantitative estimate of drug-likeness (QED) is 0.513. The molecule has 1 amide bonds. The first-order valence-electron chi connectivity index (χ1n) is 7.21. The molecule has 0 aliphatic rings. The second-order valence-electron chi connectivity index (χ2n) is 4.68. The summed E-state index contributed by atoms with van der Waals surface area (Å²) in [6.45, 7) is 2.15. The maximum Gasteiger partial charge on any atom is 0.234 e. The monoisotopic (exact) mass is 398 g/mol. The maximum absolute atomic E-state index is 12.0. The number of halogens is 1. The fraction of sp³-hybridized carbons (Fsp3) is 0.333. The highest BCUT2D eigenvalue weighted by molar-refractivity contribution is 8.03. The smallest absolute Gasteiger partial charge is 0.234 e. The Labute approximate surface area is 158 Å². The molecule has 0 aliphatic heterocycles. The summed E-state index contributed by atoms with van der Waals surface area (Å²) in [5.41, 5.74) is 0.948. The van der Waals surface area contributed by atoms with Crippen LogP contribution in [0, 0.1) is 11.3 Å². The van der Waals surface area contributed by atoms with Gasteiger partial charge in [0.25, 0.3) is 0 Å². The molecule has 0 bridgehead atoms. The normalized spacial score (nSPS) is 10.4. The highest BCUT2D eigenvalue weighted by atomic mass is 35.5. The van der Waals surface area contributed by atoms with Crippen molar-refractivity contribution in [2.75, 3.05) is 16.8 Å². The van der Waals surface area contributed by atoms with Gasteiger partial charge >= 0.3 is 0 Å². The first-order valence-corrected chi connectivity index (χ1v) is 10.4. The van der Waals surface area contributed by atoms with Crippen LogP contribution in [0.15, 0.2) is 26.9 Å². The summed E-state index contributed by atoms with van der Waals surface area (Å²) in [6, 6.07) is 6.78. The molecule has 126 valence electrons. The molecule has 0 saturated heterocycles. The highest BCUT2D eigenvalue weighted by Gasteiger charge is 2.10. The van der Waals surface area contributed by atoms with Crippen LogP contribution >= 0.6 is 46.5 Å². The molecular weight excluding hydrogens is 384 g/mol. The van der Waals surface area contributed by atoms with Crippen LogP contribution in [-0.4, -0.2) is 27.6 Å². The largest absolute Gasteiger partial charge is 0.325 e. The Morgan fingerprint density at radius 1 is 1.38 bits per heavy atom. The lowest BCUT2D eigenvalue weighted by molar-refractivity contribution is -0.113. The van der Waals surface area contributed by atoms with Gasteiger partial charge in [0, 0.05) is 11.4 Å². The minimum Gasteiger partial charge on any atom is -0.325 e. The van der Waals surface area contributed by atoms with E-state index in [0.29, 0.717) is 16.3 Å². The number of benzene rings is 1. The summed E-state index contributed by atoms with van der Waals surface area (Å²) in [5.74, 6) is 1.12. The minimum absolute atomic E-state index is 0.156. The summed E-state index contributed by atoms with van der Waals surface area (Å²) in [7, 11) is 0. The molecule has 0 unspecified atom stereocenters. The molecule has 1 aromatic heterocycles. The SMILES string of the molecule is CCCCSc1nnc(SCC(=O)Nc2ccc(C#N)c(Cl)c2)s1. The van der Waals surface area contributed by atoms with Gasteiger partial charge in [-0.25, -0.2) is 0 Å². The lowest BCUT2D eigenvalue weighted by atomic mass is 10.2. The van der Waals surface area contributed by atoms with Crippen LogP contribution in [0.4, 0.5) is 5.69 Å². The van der Waals surface area contributed by atoms with Crippen LogP contribution in [0.1, 0.15) is 25.3 Å². The molecule has 1 N–H and O–H groups in total.